The minimum absolute atomic E-state index is 0.240. The third-order valence-corrected chi connectivity index (χ3v) is 6.90. The molecule has 0 aliphatic heterocycles. The van der Waals surface area contributed by atoms with Crippen LogP contribution in [0.2, 0.25) is 0 Å². The molecule has 7 heteroatoms. The van der Waals surface area contributed by atoms with E-state index in [1.807, 2.05) is 31.2 Å². The fourth-order valence-electron chi connectivity index (χ4n) is 1.74. The van der Waals surface area contributed by atoms with Crippen LogP contribution in [-0.4, -0.2) is 8.42 Å². The van der Waals surface area contributed by atoms with Gasteiger partial charge in [0.2, 0.25) is 10.0 Å². The predicted octanol–water partition coefficient (Wildman–Crippen LogP) is 2.76. The molecule has 0 saturated heterocycles. The molecule has 4 nitrogen and oxygen atoms in total. The summed E-state index contributed by atoms with van der Waals surface area (Å²) in [6.07, 6.45) is 0. The first-order chi connectivity index (χ1) is 9.44. The Balaban J connectivity index is 2.17. The second kappa shape index (κ2) is 6.36. The van der Waals surface area contributed by atoms with E-state index in [0.29, 0.717) is 10.8 Å². The molecule has 0 aliphatic carbocycles. The maximum absolute atomic E-state index is 12.2. The molecular weight excluding hydrogens is 360 g/mol. The molecule has 1 aromatic heterocycles. The Hall–Kier alpha value is -0.730. The number of thiophene rings is 1. The van der Waals surface area contributed by atoms with Gasteiger partial charge in [0, 0.05) is 13.1 Å². The highest BCUT2D eigenvalue weighted by Crippen LogP contribution is 2.30. The van der Waals surface area contributed by atoms with Crippen LogP contribution in [0, 0.1) is 6.92 Å². The lowest BCUT2D eigenvalue weighted by Gasteiger charge is -2.08. The molecule has 0 spiro atoms. The smallest absolute Gasteiger partial charge is 0.250 e. The Morgan fingerprint density at radius 2 is 1.95 bits per heavy atom. The van der Waals surface area contributed by atoms with Crippen LogP contribution < -0.4 is 10.5 Å². The maximum atomic E-state index is 12.2. The van der Waals surface area contributed by atoms with E-state index in [0.717, 1.165) is 20.5 Å². The average molecular weight is 375 g/mol. The largest absolute Gasteiger partial charge is 0.326 e. The number of nitrogens with two attached hydrogens (primary N) is 1. The first-order valence-electron chi connectivity index (χ1n) is 5.96. The summed E-state index contributed by atoms with van der Waals surface area (Å²) in [4.78, 5) is 0. The number of hydrogen-bond donors (Lipinski definition) is 2. The highest BCUT2D eigenvalue weighted by molar-refractivity contribution is 9.11. The van der Waals surface area contributed by atoms with Gasteiger partial charge in [-0.2, -0.15) is 0 Å². The first-order valence-corrected chi connectivity index (χ1v) is 9.06. The minimum Gasteiger partial charge on any atom is -0.326 e. The van der Waals surface area contributed by atoms with Crippen LogP contribution in [0.5, 0.6) is 0 Å². The number of sulfonamides is 1. The molecule has 2 rings (SSSR count). The minimum atomic E-state index is -3.49. The summed E-state index contributed by atoms with van der Waals surface area (Å²) in [7, 11) is -3.49. The molecule has 0 aliphatic rings. The molecule has 0 radical (unpaired) electrons. The fraction of sp³-hybridized carbons (Fsp3) is 0.231. The van der Waals surface area contributed by atoms with Crippen molar-refractivity contribution < 1.29 is 8.42 Å². The molecule has 20 heavy (non-hydrogen) atoms. The second-order valence-corrected chi connectivity index (χ2v) is 8.68. The molecule has 0 amide bonds. The summed E-state index contributed by atoms with van der Waals surface area (Å²) < 4.78 is 28.2. The summed E-state index contributed by atoms with van der Waals surface area (Å²) in [6.45, 7) is 2.50. The van der Waals surface area contributed by atoms with Crippen molar-refractivity contribution in [1.82, 2.24) is 4.72 Å². The van der Waals surface area contributed by atoms with Gasteiger partial charge in [-0.3, -0.25) is 0 Å². The van der Waals surface area contributed by atoms with Crippen LogP contribution in [0.3, 0.4) is 0 Å². The van der Waals surface area contributed by atoms with E-state index >= 15 is 0 Å². The van der Waals surface area contributed by atoms with Crippen molar-refractivity contribution in [1.29, 1.82) is 0 Å². The number of benzene rings is 1. The number of hydrogen-bond acceptors (Lipinski definition) is 4. The molecule has 3 N–H and O–H groups in total. The van der Waals surface area contributed by atoms with E-state index in [1.54, 1.807) is 6.07 Å². The van der Waals surface area contributed by atoms with Crippen LogP contribution >= 0.6 is 27.3 Å². The van der Waals surface area contributed by atoms with E-state index in [9.17, 15) is 8.42 Å². The third kappa shape index (κ3) is 3.48. The van der Waals surface area contributed by atoms with E-state index < -0.39 is 10.0 Å². The monoisotopic (exact) mass is 374 g/mol. The summed E-state index contributed by atoms with van der Waals surface area (Å²) >= 11 is 4.55. The third-order valence-electron chi connectivity index (χ3n) is 2.89. The van der Waals surface area contributed by atoms with Gasteiger partial charge in [0.25, 0.3) is 0 Å². The predicted molar refractivity (Wildman–Crippen MR) is 85.1 cm³/mol. The van der Waals surface area contributed by atoms with Gasteiger partial charge >= 0.3 is 0 Å². The van der Waals surface area contributed by atoms with Crippen molar-refractivity contribution in [2.75, 3.05) is 0 Å². The van der Waals surface area contributed by atoms with Gasteiger partial charge in [-0.25, -0.2) is 13.1 Å². The van der Waals surface area contributed by atoms with Crippen molar-refractivity contribution in [3.63, 3.8) is 0 Å². The molecule has 0 atom stereocenters. The van der Waals surface area contributed by atoms with Gasteiger partial charge in [0.05, 0.1) is 3.79 Å². The van der Waals surface area contributed by atoms with Crippen LogP contribution in [-0.2, 0) is 23.1 Å². The second-order valence-electron chi connectivity index (χ2n) is 4.32. The molecular formula is C13H15BrN2O2S2. The average Bonchev–Trinajstić information content (AvgIpc) is 2.78. The van der Waals surface area contributed by atoms with Gasteiger partial charge in [0.15, 0.2) is 0 Å². The SMILES string of the molecule is Cc1cc(S(=O)(=O)NCc2ccccc2CN)sc1Br. The van der Waals surface area contributed by atoms with E-state index in [1.165, 1.54) is 11.3 Å². The molecule has 0 fully saturated rings. The highest BCUT2D eigenvalue weighted by Gasteiger charge is 2.18. The zero-order chi connectivity index (χ0) is 14.8. The normalized spacial score (nSPS) is 11.8. The van der Waals surface area contributed by atoms with Crippen molar-refractivity contribution in [3.8, 4) is 0 Å². The Morgan fingerprint density at radius 1 is 1.30 bits per heavy atom. The van der Waals surface area contributed by atoms with Gasteiger partial charge in [0.1, 0.15) is 4.21 Å². The zero-order valence-corrected chi connectivity index (χ0v) is 14.1. The zero-order valence-electron chi connectivity index (χ0n) is 10.9. The van der Waals surface area contributed by atoms with Gasteiger partial charge in [-0.1, -0.05) is 24.3 Å². The molecule has 1 heterocycles. The Kier molecular flexibility index (Phi) is 4.98. The van der Waals surface area contributed by atoms with Gasteiger partial charge < -0.3 is 5.73 Å². The molecule has 0 unspecified atom stereocenters. The maximum Gasteiger partial charge on any atom is 0.250 e. The number of aryl methyl sites for hydroxylation is 1. The fourth-order valence-corrected chi connectivity index (χ4v) is 5.01. The van der Waals surface area contributed by atoms with E-state index in [-0.39, 0.29) is 6.54 Å². The number of halogens is 1. The molecule has 0 bridgehead atoms. The van der Waals surface area contributed by atoms with Crippen LogP contribution in [0.4, 0.5) is 0 Å². The number of nitrogens with one attached hydrogen (secondary N) is 1. The quantitative estimate of drug-likeness (QED) is 0.844. The molecule has 108 valence electrons. The lowest BCUT2D eigenvalue weighted by atomic mass is 10.1. The number of rotatable bonds is 5. The Morgan fingerprint density at radius 3 is 2.50 bits per heavy atom. The molecule has 0 saturated carbocycles. The van der Waals surface area contributed by atoms with Crippen LogP contribution in [0.1, 0.15) is 16.7 Å². The summed E-state index contributed by atoms with van der Waals surface area (Å²) in [6, 6.07) is 9.19. The van der Waals surface area contributed by atoms with Gasteiger partial charge in [-0.05, 0) is 45.6 Å². The lowest BCUT2D eigenvalue weighted by molar-refractivity contribution is 0.583. The lowest BCUT2D eigenvalue weighted by Crippen LogP contribution is -2.23. The summed E-state index contributed by atoms with van der Waals surface area (Å²) in [5.41, 5.74) is 8.40. The van der Waals surface area contributed by atoms with Crippen molar-refractivity contribution >= 4 is 37.3 Å². The summed E-state index contributed by atoms with van der Waals surface area (Å²) in [5.74, 6) is 0. The Labute approximate surface area is 131 Å². The topological polar surface area (TPSA) is 72.2 Å². The van der Waals surface area contributed by atoms with E-state index in [2.05, 4.69) is 20.7 Å². The van der Waals surface area contributed by atoms with E-state index in [4.69, 9.17) is 5.73 Å². The summed E-state index contributed by atoms with van der Waals surface area (Å²) in [5, 5.41) is 0. The molecule has 1 aromatic carbocycles. The first kappa shape index (κ1) is 15.7. The van der Waals surface area contributed by atoms with Gasteiger partial charge in [-0.15, -0.1) is 11.3 Å². The van der Waals surface area contributed by atoms with Crippen LogP contribution in [0.15, 0.2) is 38.3 Å². The Bertz CT molecular complexity index is 691. The van der Waals surface area contributed by atoms with Crippen molar-refractivity contribution in [3.05, 3.63) is 50.8 Å². The molecule has 2 aromatic rings. The highest BCUT2D eigenvalue weighted by atomic mass is 79.9. The van der Waals surface area contributed by atoms with Crippen molar-refractivity contribution in [2.45, 2.75) is 24.2 Å². The standard InChI is InChI=1S/C13H15BrN2O2S2/c1-9-6-12(19-13(9)14)20(17,18)16-8-11-5-3-2-4-10(11)7-15/h2-6,16H,7-8,15H2,1H3. The van der Waals surface area contributed by atoms with Crippen LogP contribution in [0.25, 0.3) is 0 Å². The van der Waals surface area contributed by atoms with Crippen molar-refractivity contribution in [2.24, 2.45) is 5.73 Å².